The van der Waals surface area contributed by atoms with Gasteiger partial charge in [0.2, 0.25) is 10.0 Å². The van der Waals surface area contributed by atoms with Crippen molar-refractivity contribution in [1.82, 2.24) is 4.72 Å². The number of amides is 1. The predicted octanol–water partition coefficient (Wildman–Crippen LogP) is 3.14. The van der Waals surface area contributed by atoms with Gasteiger partial charge in [0.05, 0.1) is 4.90 Å². The molecule has 2 aromatic rings. The Morgan fingerprint density at radius 2 is 1.62 bits per heavy atom. The quantitative estimate of drug-likeness (QED) is 0.893. The molecule has 0 spiro atoms. The van der Waals surface area contributed by atoms with Gasteiger partial charge in [0.25, 0.3) is 5.91 Å². The van der Waals surface area contributed by atoms with Crippen LogP contribution in [0.5, 0.6) is 0 Å². The molecule has 0 aromatic heterocycles. The zero-order valence-electron chi connectivity index (χ0n) is 14.3. The van der Waals surface area contributed by atoms with E-state index in [0.717, 1.165) is 5.56 Å². The minimum Gasteiger partial charge on any atom is -0.322 e. The Labute approximate surface area is 143 Å². The highest BCUT2D eigenvalue weighted by Gasteiger charge is 2.15. The molecule has 0 saturated carbocycles. The third-order valence-electron chi connectivity index (χ3n) is 3.68. The first-order valence-corrected chi connectivity index (χ1v) is 9.07. The van der Waals surface area contributed by atoms with Crippen molar-refractivity contribution in [2.24, 2.45) is 0 Å². The van der Waals surface area contributed by atoms with Crippen LogP contribution >= 0.6 is 0 Å². The molecule has 0 atom stereocenters. The molecule has 2 aromatic carbocycles. The second-order valence-electron chi connectivity index (χ2n) is 6.52. The lowest BCUT2D eigenvalue weighted by atomic mass is 9.87. The minimum absolute atomic E-state index is 0.0187. The summed E-state index contributed by atoms with van der Waals surface area (Å²) < 4.78 is 25.9. The Kier molecular flexibility index (Phi) is 5.11. The molecule has 2 N–H and O–H groups in total. The minimum atomic E-state index is -3.54. The molecule has 0 aliphatic rings. The van der Waals surface area contributed by atoms with Crippen LogP contribution in [0, 0.1) is 0 Å². The van der Waals surface area contributed by atoms with E-state index in [0.29, 0.717) is 11.3 Å². The van der Waals surface area contributed by atoms with E-state index in [4.69, 9.17) is 0 Å². The molecular weight excluding hydrogens is 324 g/mol. The summed E-state index contributed by atoms with van der Waals surface area (Å²) in [6.45, 7) is 6.32. The Morgan fingerprint density at radius 1 is 1.00 bits per heavy atom. The van der Waals surface area contributed by atoms with Crippen molar-refractivity contribution in [1.29, 1.82) is 0 Å². The van der Waals surface area contributed by atoms with E-state index in [2.05, 4.69) is 30.8 Å². The van der Waals surface area contributed by atoms with Gasteiger partial charge in [-0.25, -0.2) is 13.1 Å². The summed E-state index contributed by atoms with van der Waals surface area (Å²) in [5.74, 6) is -0.283. The van der Waals surface area contributed by atoms with Crippen molar-refractivity contribution in [2.45, 2.75) is 31.1 Å². The Bertz CT molecular complexity index is 835. The maximum atomic E-state index is 12.3. The molecule has 5 nitrogen and oxygen atoms in total. The lowest BCUT2D eigenvalue weighted by Gasteiger charge is -2.19. The molecule has 0 bridgehead atoms. The van der Waals surface area contributed by atoms with Gasteiger partial charge < -0.3 is 5.32 Å². The van der Waals surface area contributed by atoms with Gasteiger partial charge in [-0.2, -0.15) is 0 Å². The van der Waals surface area contributed by atoms with Crippen LogP contribution in [0.4, 0.5) is 5.69 Å². The van der Waals surface area contributed by atoms with Gasteiger partial charge >= 0.3 is 0 Å². The largest absolute Gasteiger partial charge is 0.322 e. The lowest BCUT2D eigenvalue weighted by molar-refractivity contribution is 0.102. The molecule has 0 aliphatic carbocycles. The van der Waals surface area contributed by atoms with Gasteiger partial charge in [-0.15, -0.1) is 0 Å². The van der Waals surface area contributed by atoms with Gasteiger partial charge in [-0.3, -0.25) is 4.79 Å². The van der Waals surface area contributed by atoms with Crippen LogP contribution in [0.15, 0.2) is 53.4 Å². The van der Waals surface area contributed by atoms with Crippen LogP contribution in [0.25, 0.3) is 0 Å². The molecule has 24 heavy (non-hydrogen) atoms. The zero-order chi connectivity index (χ0) is 18.0. The van der Waals surface area contributed by atoms with Crippen LogP contribution in [-0.2, 0) is 15.4 Å². The van der Waals surface area contributed by atoms with Crippen molar-refractivity contribution in [3.63, 3.8) is 0 Å². The van der Waals surface area contributed by atoms with Crippen LogP contribution in [0.3, 0.4) is 0 Å². The number of nitrogens with one attached hydrogen (secondary N) is 2. The van der Waals surface area contributed by atoms with E-state index in [1.165, 1.54) is 19.2 Å². The second kappa shape index (κ2) is 6.75. The summed E-state index contributed by atoms with van der Waals surface area (Å²) in [6.07, 6.45) is 0. The molecule has 2 rings (SSSR count). The third kappa shape index (κ3) is 4.21. The van der Waals surface area contributed by atoms with Crippen molar-refractivity contribution >= 4 is 21.6 Å². The number of carbonyl (C=O) groups is 1. The molecule has 0 saturated heterocycles. The second-order valence-corrected chi connectivity index (χ2v) is 8.40. The monoisotopic (exact) mass is 346 g/mol. The number of rotatable bonds is 4. The summed E-state index contributed by atoms with van der Waals surface area (Å²) in [5.41, 5.74) is 2.10. The maximum Gasteiger partial charge on any atom is 0.255 e. The molecule has 0 aliphatic heterocycles. The number of benzene rings is 2. The highest BCUT2D eigenvalue weighted by molar-refractivity contribution is 7.89. The molecule has 0 heterocycles. The van der Waals surface area contributed by atoms with Gasteiger partial charge in [-0.1, -0.05) is 39.0 Å². The van der Waals surface area contributed by atoms with Crippen molar-refractivity contribution < 1.29 is 13.2 Å². The molecule has 0 radical (unpaired) electrons. The fourth-order valence-corrected chi connectivity index (χ4v) is 2.96. The van der Waals surface area contributed by atoms with E-state index in [1.807, 2.05) is 12.1 Å². The van der Waals surface area contributed by atoms with E-state index in [9.17, 15) is 13.2 Å². The van der Waals surface area contributed by atoms with Gasteiger partial charge in [-0.05, 0) is 48.4 Å². The molecule has 128 valence electrons. The number of hydrogen-bond donors (Lipinski definition) is 2. The van der Waals surface area contributed by atoms with Gasteiger partial charge in [0.1, 0.15) is 0 Å². The normalized spacial score (nSPS) is 12.0. The summed E-state index contributed by atoms with van der Waals surface area (Å²) in [7, 11) is -2.20. The molecule has 6 heteroatoms. The van der Waals surface area contributed by atoms with Crippen molar-refractivity contribution in [2.75, 3.05) is 12.4 Å². The first kappa shape index (κ1) is 18.2. The lowest BCUT2D eigenvalue weighted by Crippen LogP contribution is -2.19. The van der Waals surface area contributed by atoms with Gasteiger partial charge in [0.15, 0.2) is 0 Å². The smallest absolute Gasteiger partial charge is 0.255 e. The zero-order valence-corrected chi connectivity index (χ0v) is 15.1. The predicted molar refractivity (Wildman–Crippen MR) is 95.8 cm³/mol. The number of anilines is 1. The fraction of sp³-hybridized carbons (Fsp3) is 0.278. The standard InChI is InChI=1S/C18H22N2O3S/c1-18(2,3)14-10-8-13(9-11-14)17(21)20-15-6-5-7-16(12-15)24(22,23)19-4/h5-12,19H,1-4H3,(H,20,21). The molecule has 0 fully saturated rings. The molecular formula is C18H22N2O3S. The van der Waals surface area contributed by atoms with E-state index < -0.39 is 10.0 Å². The average Bonchev–Trinajstić information content (AvgIpc) is 2.54. The van der Waals surface area contributed by atoms with Crippen LogP contribution in [0.1, 0.15) is 36.7 Å². The van der Waals surface area contributed by atoms with Crippen LogP contribution < -0.4 is 10.0 Å². The maximum absolute atomic E-state index is 12.3. The highest BCUT2D eigenvalue weighted by Crippen LogP contribution is 2.22. The van der Waals surface area contributed by atoms with Crippen LogP contribution in [0.2, 0.25) is 0 Å². The first-order valence-electron chi connectivity index (χ1n) is 7.59. The van der Waals surface area contributed by atoms with Crippen molar-refractivity contribution in [3.8, 4) is 0 Å². The van der Waals surface area contributed by atoms with Gasteiger partial charge in [0, 0.05) is 11.3 Å². The first-order chi connectivity index (χ1) is 11.1. The number of hydrogen-bond acceptors (Lipinski definition) is 3. The summed E-state index contributed by atoms with van der Waals surface area (Å²) in [5, 5.41) is 2.72. The van der Waals surface area contributed by atoms with Crippen LogP contribution in [-0.4, -0.2) is 21.4 Å². The Balaban J connectivity index is 2.20. The third-order valence-corrected chi connectivity index (χ3v) is 5.10. The summed E-state index contributed by atoms with van der Waals surface area (Å²) in [6, 6.07) is 13.5. The molecule has 0 unspecified atom stereocenters. The van der Waals surface area contributed by atoms with E-state index >= 15 is 0 Å². The molecule has 1 amide bonds. The topological polar surface area (TPSA) is 75.3 Å². The Hall–Kier alpha value is -2.18. The number of sulfonamides is 1. The van der Waals surface area contributed by atoms with Crippen molar-refractivity contribution in [3.05, 3.63) is 59.7 Å². The SMILES string of the molecule is CNS(=O)(=O)c1cccc(NC(=O)c2ccc(C(C)(C)C)cc2)c1. The fourth-order valence-electron chi connectivity index (χ4n) is 2.18. The average molecular weight is 346 g/mol. The van der Waals surface area contributed by atoms with E-state index in [-0.39, 0.29) is 16.2 Å². The summed E-state index contributed by atoms with van der Waals surface area (Å²) in [4.78, 5) is 12.4. The number of carbonyl (C=O) groups excluding carboxylic acids is 1. The Morgan fingerprint density at radius 3 is 2.17 bits per heavy atom. The summed E-state index contributed by atoms with van der Waals surface area (Å²) >= 11 is 0. The highest BCUT2D eigenvalue weighted by atomic mass is 32.2. The van der Waals surface area contributed by atoms with E-state index in [1.54, 1.807) is 24.3 Å².